The summed E-state index contributed by atoms with van der Waals surface area (Å²) >= 11 is 1.87. The van der Waals surface area contributed by atoms with Crippen LogP contribution in [-0.2, 0) is 11.2 Å². The maximum atomic E-state index is 13.5. The number of benzene rings is 2. The molecule has 1 unspecified atom stereocenters. The van der Waals surface area contributed by atoms with Crippen LogP contribution >= 0.6 is 11.8 Å². The summed E-state index contributed by atoms with van der Waals surface area (Å²) < 4.78 is 16.0. The molecule has 1 aliphatic rings. The summed E-state index contributed by atoms with van der Waals surface area (Å²) in [6.45, 7) is 3.10. The number of rotatable bonds is 9. The van der Waals surface area contributed by atoms with E-state index in [9.17, 15) is 14.4 Å². The van der Waals surface area contributed by atoms with E-state index < -0.39 is 11.5 Å². The number of nitrogens with one attached hydrogen (secondary N) is 1. The van der Waals surface area contributed by atoms with E-state index in [-0.39, 0.29) is 28.9 Å². The Bertz CT molecular complexity index is 1320. The van der Waals surface area contributed by atoms with Crippen molar-refractivity contribution in [3.05, 3.63) is 87.3 Å². The summed E-state index contributed by atoms with van der Waals surface area (Å²) in [6, 6.07) is 17.2. The van der Waals surface area contributed by atoms with E-state index in [1.165, 1.54) is 19.8 Å². The summed E-state index contributed by atoms with van der Waals surface area (Å²) in [6.07, 6.45) is 1.46. The fraction of sp³-hybridized carbons (Fsp3) is 0.345. The molecule has 200 valence electrons. The molecule has 38 heavy (non-hydrogen) atoms. The van der Waals surface area contributed by atoms with Crippen LogP contribution in [0, 0.1) is 6.92 Å². The van der Waals surface area contributed by atoms with E-state index in [1.807, 2.05) is 47.0 Å². The Morgan fingerprint density at radius 3 is 2.26 bits per heavy atom. The number of hydrogen-bond acceptors (Lipinski definition) is 7. The molecular weight excluding hydrogens is 504 g/mol. The summed E-state index contributed by atoms with van der Waals surface area (Å²) in [5.41, 5.74) is 1.95. The zero-order valence-electron chi connectivity index (χ0n) is 21.8. The minimum absolute atomic E-state index is 0.0154. The summed E-state index contributed by atoms with van der Waals surface area (Å²) in [5, 5.41) is 0. The fourth-order valence-electron chi connectivity index (χ4n) is 4.62. The third-order valence-corrected chi connectivity index (χ3v) is 7.55. The highest BCUT2D eigenvalue weighted by atomic mass is 32.2. The average molecular weight is 537 g/mol. The van der Waals surface area contributed by atoms with Crippen LogP contribution in [0.2, 0.25) is 0 Å². The van der Waals surface area contributed by atoms with Crippen LogP contribution < -0.4 is 19.8 Å². The molecule has 4 rings (SSSR count). The van der Waals surface area contributed by atoms with E-state index in [2.05, 4.69) is 17.1 Å². The Morgan fingerprint density at radius 2 is 1.63 bits per heavy atom. The lowest BCUT2D eigenvalue weighted by Crippen LogP contribution is -2.41. The molecule has 9 heteroatoms. The van der Waals surface area contributed by atoms with Gasteiger partial charge in [0.05, 0.1) is 20.1 Å². The highest BCUT2D eigenvalue weighted by Gasteiger charge is 2.28. The van der Waals surface area contributed by atoms with Crippen LogP contribution in [0.1, 0.15) is 39.5 Å². The Morgan fingerprint density at radius 1 is 0.974 bits per heavy atom. The number of aromatic nitrogens is 1. The molecule has 0 spiro atoms. The molecule has 1 aromatic heterocycles. The first-order valence-corrected chi connectivity index (χ1v) is 13.7. The van der Waals surface area contributed by atoms with Gasteiger partial charge in [-0.05, 0) is 43.0 Å². The Hall–Kier alpha value is -3.72. The minimum Gasteiger partial charge on any atom is -0.492 e. The molecule has 0 bridgehead atoms. The number of ether oxygens (including phenoxy) is 3. The third-order valence-electron chi connectivity index (χ3n) is 6.61. The van der Waals surface area contributed by atoms with Gasteiger partial charge in [-0.1, -0.05) is 42.5 Å². The average Bonchev–Trinajstić information content (AvgIpc) is 2.94. The van der Waals surface area contributed by atoms with Crippen LogP contribution in [0.25, 0.3) is 0 Å². The first-order valence-electron chi connectivity index (χ1n) is 12.5. The number of H-pyrrole nitrogens is 1. The molecule has 8 nitrogen and oxygen atoms in total. The number of carbonyl (C=O) groups is 2. The van der Waals surface area contributed by atoms with Crippen molar-refractivity contribution in [2.24, 2.45) is 0 Å². The number of nitrogens with zero attached hydrogens (tertiary/aromatic N) is 1. The minimum atomic E-state index is -0.691. The second-order valence-electron chi connectivity index (χ2n) is 8.99. The predicted molar refractivity (Wildman–Crippen MR) is 148 cm³/mol. The highest BCUT2D eigenvalue weighted by molar-refractivity contribution is 7.99. The van der Waals surface area contributed by atoms with Gasteiger partial charge in [0.2, 0.25) is 11.7 Å². The standard InChI is InChI=1S/C29H32N2O6S/c1-19-24(25(35-2)26(36-3)27(32)30-19)29(34)37-22-12-10-21(11-13-22)23(14-9-20-7-5-4-6-8-20)28(33)31-15-17-38-18-16-31/h4-8,10-13,23H,9,14-18H2,1-3H3,(H,30,32). The Kier molecular flexibility index (Phi) is 9.12. The quantitative estimate of drug-likeness (QED) is 0.323. The number of hydrogen-bond donors (Lipinski definition) is 1. The molecule has 0 radical (unpaired) electrons. The summed E-state index contributed by atoms with van der Waals surface area (Å²) in [7, 11) is 2.68. The van der Waals surface area contributed by atoms with Crippen molar-refractivity contribution in [3.8, 4) is 17.2 Å². The molecule has 3 aromatic rings. The molecule has 1 saturated heterocycles. The van der Waals surface area contributed by atoms with E-state index in [4.69, 9.17) is 14.2 Å². The normalized spacial score (nSPS) is 14.0. The van der Waals surface area contributed by atoms with Crippen molar-refractivity contribution in [2.75, 3.05) is 38.8 Å². The Labute approximate surface area is 226 Å². The van der Waals surface area contributed by atoms with Gasteiger partial charge in [0, 0.05) is 30.3 Å². The van der Waals surface area contributed by atoms with Gasteiger partial charge in [-0.3, -0.25) is 9.59 Å². The van der Waals surface area contributed by atoms with Crippen molar-refractivity contribution < 1.29 is 23.8 Å². The molecule has 2 aromatic carbocycles. The predicted octanol–water partition coefficient (Wildman–Crippen LogP) is 4.21. The van der Waals surface area contributed by atoms with Crippen LogP contribution in [0.5, 0.6) is 17.2 Å². The second-order valence-corrected chi connectivity index (χ2v) is 10.2. The SMILES string of the molecule is COc1c(C(=O)Oc2ccc(C(CCc3ccccc3)C(=O)N3CCSCC3)cc2)c(C)[nH]c(=O)c1OC. The van der Waals surface area contributed by atoms with Crippen molar-refractivity contribution >= 4 is 23.6 Å². The zero-order valence-corrected chi connectivity index (χ0v) is 22.6. The molecule has 1 amide bonds. The molecule has 1 atom stereocenters. The van der Waals surface area contributed by atoms with Gasteiger partial charge in [-0.25, -0.2) is 4.79 Å². The van der Waals surface area contributed by atoms with Crippen LogP contribution in [-0.4, -0.2) is 60.6 Å². The molecule has 1 N–H and O–H groups in total. The van der Waals surface area contributed by atoms with Crippen molar-refractivity contribution in [2.45, 2.75) is 25.7 Å². The van der Waals surface area contributed by atoms with Gasteiger partial charge in [-0.15, -0.1) is 0 Å². The lowest BCUT2D eigenvalue weighted by molar-refractivity contribution is -0.132. The maximum absolute atomic E-state index is 13.5. The topological polar surface area (TPSA) is 97.9 Å². The number of aromatic amines is 1. The van der Waals surface area contributed by atoms with Gasteiger partial charge < -0.3 is 24.1 Å². The largest absolute Gasteiger partial charge is 0.492 e. The van der Waals surface area contributed by atoms with E-state index in [1.54, 1.807) is 19.1 Å². The number of aryl methyl sites for hydroxylation is 2. The Balaban J connectivity index is 1.55. The van der Waals surface area contributed by atoms with Crippen LogP contribution in [0.15, 0.2) is 59.4 Å². The van der Waals surface area contributed by atoms with E-state index in [0.717, 1.165) is 36.6 Å². The number of methoxy groups -OCH3 is 2. The summed E-state index contributed by atoms with van der Waals surface area (Å²) in [5.74, 6) is 1.27. The van der Waals surface area contributed by atoms with E-state index in [0.29, 0.717) is 17.9 Å². The lowest BCUT2D eigenvalue weighted by Gasteiger charge is -2.30. The van der Waals surface area contributed by atoms with Gasteiger partial charge in [0.15, 0.2) is 5.75 Å². The lowest BCUT2D eigenvalue weighted by atomic mass is 9.91. The van der Waals surface area contributed by atoms with Gasteiger partial charge in [0.1, 0.15) is 11.3 Å². The maximum Gasteiger partial charge on any atom is 0.349 e. The highest BCUT2D eigenvalue weighted by Crippen LogP contribution is 2.31. The second kappa shape index (κ2) is 12.7. The summed E-state index contributed by atoms with van der Waals surface area (Å²) in [4.78, 5) is 43.3. The molecule has 1 fully saturated rings. The third kappa shape index (κ3) is 6.22. The fourth-order valence-corrected chi connectivity index (χ4v) is 5.52. The van der Waals surface area contributed by atoms with Crippen LogP contribution in [0.4, 0.5) is 0 Å². The zero-order chi connectivity index (χ0) is 27.1. The molecule has 0 saturated carbocycles. The molecule has 0 aliphatic carbocycles. The number of esters is 1. The first-order chi connectivity index (χ1) is 18.4. The van der Waals surface area contributed by atoms with Gasteiger partial charge in [0.25, 0.3) is 5.56 Å². The number of amides is 1. The smallest absolute Gasteiger partial charge is 0.349 e. The van der Waals surface area contributed by atoms with Gasteiger partial charge >= 0.3 is 5.97 Å². The number of pyridine rings is 1. The van der Waals surface area contributed by atoms with Crippen molar-refractivity contribution in [1.82, 2.24) is 9.88 Å². The van der Waals surface area contributed by atoms with Gasteiger partial charge in [-0.2, -0.15) is 11.8 Å². The van der Waals surface area contributed by atoms with Crippen molar-refractivity contribution in [1.29, 1.82) is 0 Å². The number of carbonyl (C=O) groups excluding carboxylic acids is 2. The number of thioether (sulfide) groups is 1. The monoisotopic (exact) mass is 536 g/mol. The molecule has 1 aliphatic heterocycles. The molecule has 2 heterocycles. The van der Waals surface area contributed by atoms with Crippen LogP contribution in [0.3, 0.4) is 0 Å². The van der Waals surface area contributed by atoms with Crippen molar-refractivity contribution in [3.63, 3.8) is 0 Å². The van der Waals surface area contributed by atoms with E-state index >= 15 is 0 Å². The molecular formula is C29H32N2O6S. The first kappa shape index (κ1) is 27.3.